The highest BCUT2D eigenvalue weighted by molar-refractivity contribution is 6.31. The summed E-state index contributed by atoms with van der Waals surface area (Å²) >= 11 is 6.06. The minimum atomic E-state index is -0.180. The summed E-state index contributed by atoms with van der Waals surface area (Å²) in [6.45, 7) is 0.283. The molecule has 0 saturated carbocycles. The number of hydrogen-bond donors (Lipinski definition) is 1. The van der Waals surface area contributed by atoms with Crippen LogP contribution in [-0.4, -0.2) is 12.5 Å². The van der Waals surface area contributed by atoms with Crippen LogP contribution in [0.2, 0.25) is 5.02 Å². The lowest BCUT2D eigenvalue weighted by Gasteiger charge is -2.13. The van der Waals surface area contributed by atoms with Gasteiger partial charge in [-0.15, -0.1) is 0 Å². The molecule has 0 heterocycles. The first-order valence-electron chi connectivity index (χ1n) is 8.21. The first kappa shape index (κ1) is 17.8. The molecule has 0 fully saturated rings. The summed E-state index contributed by atoms with van der Waals surface area (Å²) in [6.07, 6.45) is 0.214. The van der Waals surface area contributed by atoms with Gasteiger partial charge in [-0.2, -0.15) is 0 Å². The summed E-state index contributed by atoms with van der Waals surface area (Å²) < 4.78 is 11.4. The van der Waals surface area contributed by atoms with Gasteiger partial charge in [-0.1, -0.05) is 48.0 Å². The molecular weight excluding hydrogens is 350 g/mol. The first-order chi connectivity index (χ1) is 12.7. The molecule has 0 atom stereocenters. The molecule has 1 N–H and O–H groups in total. The lowest BCUT2D eigenvalue weighted by Crippen LogP contribution is -2.15. The van der Waals surface area contributed by atoms with Gasteiger partial charge in [0.05, 0.1) is 18.7 Å². The van der Waals surface area contributed by atoms with Crippen molar-refractivity contribution in [1.29, 1.82) is 0 Å². The lowest BCUT2D eigenvalue weighted by molar-refractivity contribution is -0.116. The fourth-order valence-electron chi connectivity index (χ4n) is 2.30. The van der Waals surface area contributed by atoms with Crippen molar-refractivity contribution in [2.24, 2.45) is 0 Å². The third-order valence-electron chi connectivity index (χ3n) is 3.53. The van der Waals surface area contributed by atoms with E-state index in [0.717, 1.165) is 5.75 Å². The number of anilines is 1. The smallest absolute Gasteiger partial charge is 0.227 e. The van der Waals surface area contributed by atoms with Gasteiger partial charge in [0.1, 0.15) is 11.5 Å². The molecule has 3 aromatic rings. The number of carbonyl (C=O) groups is 1. The van der Waals surface area contributed by atoms with Crippen molar-refractivity contribution in [3.05, 3.63) is 83.9 Å². The van der Waals surface area contributed by atoms with E-state index in [4.69, 9.17) is 21.1 Å². The van der Waals surface area contributed by atoms with Crippen molar-refractivity contribution in [2.45, 2.75) is 6.42 Å². The molecule has 5 heteroatoms. The minimum Gasteiger partial charge on any atom is -0.493 e. The largest absolute Gasteiger partial charge is 0.493 e. The second-order valence-electron chi connectivity index (χ2n) is 5.52. The Bertz CT molecular complexity index is 854. The Morgan fingerprint density at radius 3 is 2.23 bits per heavy atom. The summed E-state index contributed by atoms with van der Waals surface area (Å²) in [4.78, 5) is 12.2. The molecule has 132 valence electrons. The number of halogens is 1. The van der Waals surface area contributed by atoms with Gasteiger partial charge in [-0.05, 0) is 42.5 Å². The lowest BCUT2D eigenvalue weighted by atomic mass is 10.2. The van der Waals surface area contributed by atoms with Gasteiger partial charge >= 0.3 is 0 Å². The number of benzene rings is 3. The standard InChI is InChI=1S/C21H18ClNO3/c22-16-11-12-20(26-18-9-5-2-6-10-18)19(15-16)23-21(24)13-14-25-17-7-3-1-4-8-17/h1-12,15H,13-14H2,(H,23,24). The molecule has 1 amide bonds. The quantitative estimate of drug-likeness (QED) is 0.596. The van der Waals surface area contributed by atoms with Gasteiger partial charge in [-0.25, -0.2) is 0 Å². The first-order valence-corrected chi connectivity index (χ1v) is 8.59. The predicted octanol–water partition coefficient (Wildman–Crippen LogP) is 5.54. The van der Waals surface area contributed by atoms with Crippen LogP contribution in [0.3, 0.4) is 0 Å². The van der Waals surface area contributed by atoms with E-state index in [9.17, 15) is 4.79 Å². The second-order valence-corrected chi connectivity index (χ2v) is 5.95. The Labute approximate surface area is 157 Å². The zero-order valence-corrected chi connectivity index (χ0v) is 14.8. The number of para-hydroxylation sites is 2. The topological polar surface area (TPSA) is 47.6 Å². The van der Waals surface area contributed by atoms with E-state index in [-0.39, 0.29) is 18.9 Å². The van der Waals surface area contributed by atoms with Crippen LogP contribution in [0.4, 0.5) is 5.69 Å². The molecule has 0 aliphatic carbocycles. The van der Waals surface area contributed by atoms with E-state index in [1.807, 2.05) is 60.7 Å². The minimum absolute atomic E-state index is 0.180. The average Bonchev–Trinajstić information content (AvgIpc) is 2.66. The summed E-state index contributed by atoms with van der Waals surface area (Å²) in [5.74, 6) is 1.76. The van der Waals surface area contributed by atoms with E-state index in [2.05, 4.69) is 5.32 Å². The van der Waals surface area contributed by atoms with Crippen molar-refractivity contribution < 1.29 is 14.3 Å². The molecule has 0 bridgehead atoms. The van der Waals surface area contributed by atoms with Crippen molar-refractivity contribution >= 4 is 23.2 Å². The van der Waals surface area contributed by atoms with Crippen LogP contribution >= 0.6 is 11.6 Å². The molecule has 0 unspecified atom stereocenters. The fourth-order valence-corrected chi connectivity index (χ4v) is 2.47. The molecule has 0 radical (unpaired) electrons. The van der Waals surface area contributed by atoms with Gasteiger partial charge in [0.2, 0.25) is 5.91 Å². The van der Waals surface area contributed by atoms with E-state index in [1.165, 1.54) is 0 Å². The highest BCUT2D eigenvalue weighted by Gasteiger charge is 2.10. The van der Waals surface area contributed by atoms with Crippen LogP contribution in [0.25, 0.3) is 0 Å². The van der Waals surface area contributed by atoms with Gasteiger partial charge in [0.15, 0.2) is 5.75 Å². The number of amides is 1. The highest BCUT2D eigenvalue weighted by atomic mass is 35.5. The SMILES string of the molecule is O=C(CCOc1ccccc1)Nc1cc(Cl)ccc1Oc1ccccc1. The van der Waals surface area contributed by atoms with Crippen molar-refractivity contribution in [2.75, 3.05) is 11.9 Å². The molecule has 0 aliphatic heterocycles. The summed E-state index contributed by atoms with van der Waals surface area (Å²) in [7, 11) is 0. The molecule has 0 aromatic heterocycles. The Balaban J connectivity index is 1.61. The maximum Gasteiger partial charge on any atom is 0.227 e. The van der Waals surface area contributed by atoms with E-state index in [0.29, 0.717) is 22.2 Å². The maximum absolute atomic E-state index is 12.2. The number of nitrogens with one attached hydrogen (secondary N) is 1. The van der Waals surface area contributed by atoms with E-state index >= 15 is 0 Å². The molecule has 3 aromatic carbocycles. The highest BCUT2D eigenvalue weighted by Crippen LogP contribution is 2.32. The Morgan fingerprint density at radius 1 is 0.885 bits per heavy atom. The third-order valence-corrected chi connectivity index (χ3v) is 3.76. The van der Waals surface area contributed by atoms with Crippen LogP contribution in [0.15, 0.2) is 78.9 Å². The Morgan fingerprint density at radius 2 is 1.54 bits per heavy atom. The molecule has 0 saturated heterocycles. The number of rotatable bonds is 7. The number of hydrogen-bond acceptors (Lipinski definition) is 3. The monoisotopic (exact) mass is 367 g/mol. The Hall–Kier alpha value is -2.98. The summed E-state index contributed by atoms with van der Waals surface area (Å²) in [5, 5.41) is 3.34. The molecule has 3 rings (SSSR count). The summed E-state index contributed by atoms with van der Waals surface area (Å²) in [5.41, 5.74) is 0.520. The zero-order chi connectivity index (χ0) is 18.2. The number of ether oxygens (including phenoxy) is 2. The normalized spacial score (nSPS) is 10.2. The van der Waals surface area contributed by atoms with E-state index in [1.54, 1.807) is 18.2 Å². The summed E-state index contributed by atoms with van der Waals surface area (Å²) in [6, 6.07) is 23.8. The van der Waals surface area contributed by atoms with Crippen LogP contribution in [0.5, 0.6) is 17.2 Å². The second kappa shape index (κ2) is 8.92. The predicted molar refractivity (Wildman–Crippen MR) is 103 cm³/mol. The molecule has 0 spiro atoms. The van der Waals surface area contributed by atoms with Crippen LogP contribution in [0.1, 0.15) is 6.42 Å². The fraction of sp³-hybridized carbons (Fsp3) is 0.0952. The van der Waals surface area contributed by atoms with Gasteiger partial charge in [-0.3, -0.25) is 4.79 Å². The van der Waals surface area contributed by atoms with E-state index < -0.39 is 0 Å². The van der Waals surface area contributed by atoms with Crippen molar-refractivity contribution in [3.8, 4) is 17.2 Å². The third kappa shape index (κ3) is 5.26. The van der Waals surface area contributed by atoms with Crippen molar-refractivity contribution in [3.63, 3.8) is 0 Å². The molecule has 4 nitrogen and oxygen atoms in total. The molecular formula is C21H18ClNO3. The van der Waals surface area contributed by atoms with Crippen LogP contribution in [-0.2, 0) is 4.79 Å². The maximum atomic E-state index is 12.2. The van der Waals surface area contributed by atoms with Crippen LogP contribution < -0.4 is 14.8 Å². The number of carbonyl (C=O) groups excluding carboxylic acids is 1. The van der Waals surface area contributed by atoms with Crippen LogP contribution in [0, 0.1) is 0 Å². The molecule has 26 heavy (non-hydrogen) atoms. The van der Waals surface area contributed by atoms with Crippen molar-refractivity contribution in [1.82, 2.24) is 0 Å². The Kier molecular flexibility index (Phi) is 6.12. The average molecular weight is 368 g/mol. The van der Waals surface area contributed by atoms with Gasteiger partial charge < -0.3 is 14.8 Å². The van der Waals surface area contributed by atoms with Gasteiger partial charge in [0, 0.05) is 5.02 Å². The van der Waals surface area contributed by atoms with Gasteiger partial charge in [0.25, 0.3) is 0 Å². The molecule has 0 aliphatic rings. The zero-order valence-electron chi connectivity index (χ0n) is 14.0.